The first-order valence-corrected chi connectivity index (χ1v) is 6.64. The molecular formula is C14H16OS. The molecule has 2 heteroatoms. The van der Waals surface area contributed by atoms with Gasteiger partial charge in [0.2, 0.25) is 0 Å². The minimum absolute atomic E-state index is 0.914. The Bertz CT molecular complexity index is 484. The van der Waals surface area contributed by atoms with E-state index in [1.165, 1.54) is 34.9 Å². The second kappa shape index (κ2) is 5.26. The Balaban J connectivity index is 2.35. The van der Waals surface area contributed by atoms with Crippen LogP contribution in [0.25, 0.3) is 10.1 Å². The summed E-state index contributed by atoms with van der Waals surface area (Å²) in [5.41, 5.74) is 1.25. The molecule has 0 radical (unpaired) electrons. The third-order valence-electron chi connectivity index (χ3n) is 2.87. The summed E-state index contributed by atoms with van der Waals surface area (Å²) >= 11 is 1.61. The van der Waals surface area contributed by atoms with Crippen LogP contribution < -0.4 is 0 Å². The van der Waals surface area contributed by atoms with E-state index < -0.39 is 0 Å². The van der Waals surface area contributed by atoms with Crippen LogP contribution in [-0.4, -0.2) is 6.29 Å². The highest BCUT2D eigenvalue weighted by Crippen LogP contribution is 2.31. The number of aldehydes is 1. The van der Waals surface area contributed by atoms with Gasteiger partial charge in [-0.1, -0.05) is 38.0 Å². The average Bonchev–Trinajstić information content (AvgIpc) is 2.68. The number of thiophene rings is 1. The summed E-state index contributed by atoms with van der Waals surface area (Å²) in [4.78, 5) is 12.0. The van der Waals surface area contributed by atoms with Crippen LogP contribution >= 0.6 is 11.3 Å². The summed E-state index contributed by atoms with van der Waals surface area (Å²) in [7, 11) is 0. The van der Waals surface area contributed by atoms with Gasteiger partial charge in [-0.25, -0.2) is 0 Å². The molecule has 0 atom stereocenters. The summed E-state index contributed by atoms with van der Waals surface area (Å²) < 4.78 is 1.23. The van der Waals surface area contributed by atoms with Crippen LogP contribution in [0.3, 0.4) is 0 Å². The molecule has 16 heavy (non-hydrogen) atoms. The van der Waals surface area contributed by atoms with Crippen molar-refractivity contribution in [3.63, 3.8) is 0 Å². The smallest absolute Gasteiger partial charge is 0.160 e. The van der Waals surface area contributed by atoms with Crippen molar-refractivity contribution < 1.29 is 4.79 Å². The molecule has 0 fully saturated rings. The molecule has 1 heterocycles. The van der Waals surface area contributed by atoms with E-state index >= 15 is 0 Å². The van der Waals surface area contributed by atoms with Crippen molar-refractivity contribution >= 4 is 27.7 Å². The molecular weight excluding hydrogens is 216 g/mol. The van der Waals surface area contributed by atoms with E-state index in [1.807, 2.05) is 12.1 Å². The van der Waals surface area contributed by atoms with Crippen molar-refractivity contribution in [3.05, 3.63) is 34.7 Å². The number of rotatable bonds is 5. The molecule has 0 N–H and O–H groups in total. The fourth-order valence-corrected chi connectivity index (χ4v) is 3.09. The number of benzene rings is 1. The van der Waals surface area contributed by atoms with Gasteiger partial charge in [0.05, 0.1) is 4.88 Å². The molecule has 1 aromatic heterocycles. The van der Waals surface area contributed by atoms with Gasteiger partial charge in [-0.2, -0.15) is 0 Å². The fraction of sp³-hybridized carbons (Fsp3) is 0.357. The van der Waals surface area contributed by atoms with Crippen molar-refractivity contribution in [2.45, 2.75) is 32.6 Å². The quantitative estimate of drug-likeness (QED) is 0.550. The number of hydrogen-bond acceptors (Lipinski definition) is 2. The van der Waals surface area contributed by atoms with Gasteiger partial charge in [0, 0.05) is 4.70 Å². The van der Waals surface area contributed by atoms with Crippen LogP contribution in [0.4, 0.5) is 0 Å². The van der Waals surface area contributed by atoms with E-state index in [-0.39, 0.29) is 0 Å². The Morgan fingerprint density at radius 2 is 2.06 bits per heavy atom. The van der Waals surface area contributed by atoms with Crippen LogP contribution in [0.1, 0.15) is 41.4 Å². The molecule has 0 aliphatic rings. The van der Waals surface area contributed by atoms with Gasteiger partial charge in [0.25, 0.3) is 0 Å². The lowest BCUT2D eigenvalue weighted by Gasteiger charge is -2.00. The van der Waals surface area contributed by atoms with Crippen LogP contribution in [0, 0.1) is 0 Å². The van der Waals surface area contributed by atoms with E-state index in [2.05, 4.69) is 19.1 Å². The highest BCUT2D eigenvalue weighted by molar-refractivity contribution is 7.20. The van der Waals surface area contributed by atoms with Crippen LogP contribution in [0.2, 0.25) is 0 Å². The van der Waals surface area contributed by atoms with Crippen LogP contribution in [0.15, 0.2) is 24.3 Å². The summed E-state index contributed by atoms with van der Waals surface area (Å²) in [5.74, 6) is 0. The number of fused-ring (bicyclic) bond motifs is 1. The van der Waals surface area contributed by atoms with Gasteiger partial charge in [-0.15, -0.1) is 11.3 Å². The zero-order chi connectivity index (χ0) is 11.4. The fourth-order valence-electron chi connectivity index (χ4n) is 2.02. The van der Waals surface area contributed by atoms with Crippen molar-refractivity contribution in [2.24, 2.45) is 0 Å². The number of aryl methyl sites for hydroxylation is 1. The molecule has 2 aromatic rings. The highest BCUT2D eigenvalue weighted by atomic mass is 32.1. The van der Waals surface area contributed by atoms with E-state index in [9.17, 15) is 4.79 Å². The van der Waals surface area contributed by atoms with Crippen molar-refractivity contribution in [2.75, 3.05) is 0 Å². The Hall–Kier alpha value is -1.15. The first kappa shape index (κ1) is 11.3. The molecule has 1 aromatic carbocycles. The van der Waals surface area contributed by atoms with E-state index in [0.29, 0.717) is 0 Å². The van der Waals surface area contributed by atoms with Crippen molar-refractivity contribution in [3.8, 4) is 0 Å². The lowest BCUT2D eigenvalue weighted by Crippen LogP contribution is -1.88. The van der Waals surface area contributed by atoms with Gasteiger partial charge in [0.1, 0.15) is 0 Å². The predicted octanol–water partition coefficient (Wildman–Crippen LogP) is 4.45. The molecule has 2 rings (SSSR count). The summed E-state index contributed by atoms with van der Waals surface area (Å²) in [6.45, 7) is 2.20. The SMILES string of the molecule is CCCCCc1c(C=O)sc2ccccc12. The van der Waals surface area contributed by atoms with E-state index in [4.69, 9.17) is 0 Å². The lowest BCUT2D eigenvalue weighted by atomic mass is 10.0. The van der Waals surface area contributed by atoms with Crippen LogP contribution in [-0.2, 0) is 6.42 Å². The second-order valence-corrected chi connectivity index (χ2v) is 5.10. The predicted molar refractivity (Wildman–Crippen MR) is 70.4 cm³/mol. The van der Waals surface area contributed by atoms with Crippen LogP contribution in [0.5, 0.6) is 0 Å². The molecule has 84 valence electrons. The maximum Gasteiger partial charge on any atom is 0.160 e. The lowest BCUT2D eigenvalue weighted by molar-refractivity contribution is 0.112. The molecule has 0 unspecified atom stereocenters. The maximum atomic E-state index is 11.0. The largest absolute Gasteiger partial charge is 0.297 e. The van der Waals surface area contributed by atoms with E-state index in [1.54, 1.807) is 11.3 Å². The molecule has 0 saturated carbocycles. The minimum Gasteiger partial charge on any atom is -0.297 e. The zero-order valence-electron chi connectivity index (χ0n) is 9.53. The molecule has 0 aliphatic carbocycles. The first-order valence-electron chi connectivity index (χ1n) is 5.82. The highest BCUT2D eigenvalue weighted by Gasteiger charge is 2.10. The molecule has 0 saturated heterocycles. The average molecular weight is 232 g/mol. The number of carbonyl (C=O) groups excluding carboxylic acids is 1. The summed E-state index contributed by atoms with van der Waals surface area (Å²) in [5, 5.41) is 1.27. The Morgan fingerprint density at radius 3 is 2.81 bits per heavy atom. The summed E-state index contributed by atoms with van der Waals surface area (Å²) in [6, 6.07) is 8.30. The molecule has 0 spiro atoms. The van der Waals surface area contributed by atoms with E-state index in [0.717, 1.165) is 17.6 Å². The maximum absolute atomic E-state index is 11.0. The second-order valence-electron chi connectivity index (χ2n) is 4.02. The summed E-state index contributed by atoms with van der Waals surface area (Å²) in [6.07, 6.45) is 5.68. The normalized spacial score (nSPS) is 10.8. The topological polar surface area (TPSA) is 17.1 Å². The first-order chi connectivity index (χ1) is 7.86. The number of unbranched alkanes of at least 4 members (excludes halogenated alkanes) is 2. The minimum atomic E-state index is 0.914. The van der Waals surface area contributed by atoms with Gasteiger partial charge in [0.15, 0.2) is 6.29 Å². The third kappa shape index (κ3) is 2.17. The zero-order valence-corrected chi connectivity index (χ0v) is 10.3. The van der Waals surface area contributed by atoms with Gasteiger partial charge in [-0.05, 0) is 29.9 Å². The van der Waals surface area contributed by atoms with Gasteiger partial charge >= 0.3 is 0 Å². The molecule has 0 amide bonds. The molecule has 1 nitrogen and oxygen atoms in total. The molecule has 0 aliphatic heterocycles. The number of hydrogen-bond donors (Lipinski definition) is 0. The number of carbonyl (C=O) groups is 1. The van der Waals surface area contributed by atoms with Gasteiger partial charge < -0.3 is 0 Å². The van der Waals surface area contributed by atoms with Crippen molar-refractivity contribution in [1.29, 1.82) is 0 Å². The monoisotopic (exact) mass is 232 g/mol. The van der Waals surface area contributed by atoms with Crippen molar-refractivity contribution in [1.82, 2.24) is 0 Å². The standard InChI is InChI=1S/C14H16OS/c1-2-3-4-7-12-11-8-5-6-9-13(11)16-14(12)10-15/h5-6,8-10H,2-4,7H2,1H3. The molecule has 0 bridgehead atoms. The Labute approximate surface area is 100 Å². The van der Waals surface area contributed by atoms with Gasteiger partial charge in [-0.3, -0.25) is 4.79 Å². The Kier molecular flexibility index (Phi) is 3.73. The third-order valence-corrected chi connectivity index (χ3v) is 4.01. The Morgan fingerprint density at radius 1 is 1.25 bits per heavy atom.